The predicted molar refractivity (Wildman–Crippen MR) is 151 cm³/mol. The number of anilines is 1. The number of hydrogen-bond acceptors (Lipinski definition) is 5. The van der Waals surface area contributed by atoms with Gasteiger partial charge in [-0.1, -0.05) is 55.0 Å². The summed E-state index contributed by atoms with van der Waals surface area (Å²) in [7, 11) is 1.64. The third kappa shape index (κ3) is 9.90. The number of methoxy groups -OCH3 is 1. The molecule has 0 aliphatic carbocycles. The first-order valence-electron chi connectivity index (χ1n) is 13.1. The summed E-state index contributed by atoms with van der Waals surface area (Å²) in [6, 6.07) is 25.1. The van der Waals surface area contributed by atoms with E-state index in [2.05, 4.69) is 10.6 Å². The van der Waals surface area contributed by atoms with Crippen molar-refractivity contribution in [2.45, 2.75) is 33.3 Å². The molecule has 7 nitrogen and oxygen atoms in total. The predicted octanol–water partition coefficient (Wildman–Crippen LogP) is 5.26. The summed E-state index contributed by atoms with van der Waals surface area (Å²) < 4.78 is 11.1. The SMILES string of the molecule is COc1ccc(NCCN(COCc2ccccc2)C(=O)C[C@@H](C)CCNC(=O)c2cccc(C)c2)cc1. The first-order valence-corrected chi connectivity index (χ1v) is 13.1. The van der Waals surface area contributed by atoms with E-state index in [1.807, 2.05) is 92.7 Å². The van der Waals surface area contributed by atoms with Gasteiger partial charge in [0.15, 0.2) is 0 Å². The number of amides is 2. The summed E-state index contributed by atoms with van der Waals surface area (Å²) >= 11 is 0. The highest BCUT2D eigenvalue weighted by Crippen LogP contribution is 2.15. The average Bonchev–Trinajstić information content (AvgIpc) is 2.93. The van der Waals surface area contributed by atoms with Crippen molar-refractivity contribution < 1.29 is 19.1 Å². The molecule has 0 heterocycles. The zero-order valence-corrected chi connectivity index (χ0v) is 22.6. The van der Waals surface area contributed by atoms with Gasteiger partial charge < -0.3 is 25.0 Å². The lowest BCUT2D eigenvalue weighted by Crippen LogP contribution is -2.37. The lowest BCUT2D eigenvalue weighted by atomic mass is 10.0. The molecule has 3 aromatic rings. The van der Waals surface area contributed by atoms with Crippen LogP contribution in [0.2, 0.25) is 0 Å². The van der Waals surface area contributed by atoms with Crippen molar-refractivity contribution in [3.05, 3.63) is 95.6 Å². The van der Waals surface area contributed by atoms with Crippen LogP contribution in [0, 0.1) is 12.8 Å². The molecule has 7 heteroatoms. The maximum atomic E-state index is 13.2. The van der Waals surface area contributed by atoms with Crippen LogP contribution in [0.25, 0.3) is 0 Å². The number of nitrogens with zero attached hydrogens (tertiary/aromatic N) is 1. The van der Waals surface area contributed by atoms with E-state index in [0.717, 1.165) is 22.6 Å². The van der Waals surface area contributed by atoms with Gasteiger partial charge in [-0.15, -0.1) is 0 Å². The summed E-state index contributed by atoms with van der Waals surface area (Å²) in [5.41, 5.74) is 3.72. The first kappa shape index (κ1) is 28.7. The highest BCUT2D eigenvalue weighted by atomic mass is 16.5. The second-order valence-corrected chi connectivity index (χ2v) is 9.50. The van der Waals surface area contributed by atoms with E-state index in [0.29, 0.717) is 44.6 Å². The van der Waals surface area contributed by atoms with Crippen molar-refractivity contribution >= 4 is 17.5 Å². The molecule has 3 rings (SSSR count). The van der Waals surface area contributed by atoms with Gasteiger partial charge in [-0.25, -0.2) is 0 Å². The molecule has 1 atom stereocenters. The molecule has 2 amide bonds. The van der Waals surface area contributed by atoms with Gasteiger partial charge in [-0.05, 0) is 61.2 Å². The summed E-state index contributed by atoms with van der Waals surface area (Å²) in [6.07, 6.45) is 1.10. The highest BCUT2D eigenvalue weighted by Gasteiger charge is 2.17. The minimum atomic E-state index is -0.0900. The maximum absolute atomic E-state index is 13.2. The Kier molecular flexibility index (Phi) is 11.7. The van der Waals surface area contributed by atoms with E-state index in [1.54, 1.807) is 12.0 Å². The molecule has 202 valence electrons. The van der Waals surface area contributed by atoms with Crippen LogP contribution in [-0.4, -0.2) is 50.2 Å². The van der Waals surface area contributed by atoms with Gasteiger partial charge in [0.1, 0.15) is 12.5 Å². The van der Waals surface area contributed by atoms with Crippen LogP contribution < -0.4 is 15.4 Å². The highest BCUT2D eigenvalue weighted by molar-refractivity contribution is 5.94. The molecule has 0 aliphatic rings. The van der Waals surface area contributed by atoms with Crippen molar-refractivity contribution in [2.75, 3.05) is 38.8 Å². The van der Waals surface area contributed by atoms with Crippen LogP contribution in [0.15, 0.2) is 78.9 Å². The fraction of sp³-hybridized carbons (Fsp3) is 0.355. The minimum Gasteiger partial charge on any atom is -0.497 e. The lowest BCUT2D eigenvalue weighted by molar-refractivity contribution is -0.138. The maximum Gasteiger partial charge on any atom is 0.251 e. The lowest BCUT2D eigenvalue weighted by Gasteiger charge is -2.25. The quantitative estimate of drug-likeness (QED) is 0.269. The molecule has 0 saturated heterocycles. The van der Waals surface area contributed by atoms with Crippen LogP contribution >= 0.6 is 0 Å². The van der Waals surface area contributed by atoms with Crippen molar-refractivity contribution in [2.24, 2.45) is 5.92 Å². The average molecular weight is 518 g/mol. The molecule has 0 aromatic heterocycles. The van der Waals surface area contributed by atoms with Gasteiger partial charge in [0.25, 0.3) is 5.91 Å². The van der Waals surface area contributed by atoms with Crippen molar-refractivity contribution in [3.63, 3.8) is 0 Å². The van der Waals surface area contributed by atoms with E-state index in [9.17, 15) is 9.59 Å². The molecule has 0 saturated carbocycles. The van der Waals surface area contributed by atoms with Gasteiger partial charge >= 0.3 is 0 Å². The number of nitrogens with one attached hydrogen (secondary N) is 2. The van der Waals surface area contributed by atoms with Gasteiger partial charge in [-0.2, -0.15) is 0 Å². The molecular formula is C31H39N3O4. The van der Waals surface area contributed by atoms with Gasteiger partial charge in [0.05, 0.1) is 13.7 Å². The number of aryl methyl sites for hydroxylation is 1. The van der Waals surface area contributed by atoms with Gasteiger partial charge in [0.2, 0.25) is 5.91 Å². The molecular weight excluding hydrogens is 478 g/mol. The van der Waals surface area contributed by atoms with E-state index >= 15 is 0 Å². The Morgan fingerprint density at radius 2 is 1.71 bits per heavy atom. The number of ether oxygens (including phenoxy) is 2. The largest absolute Gasteiger partial charge is 0.497 e. The zero-order chi connectivity index (χ0) is 27.2. The van der Waals surface area contributed by atoms with Crippen molar-refractivity contribution in [1.29, 1.82) is 0 Å². The second kappa shape index (κ2) is 15.4. The Morgan fingerprint density at radius 3 is 2.42 bits per heavy atom. The molecule has 38 heavy (non-hydrogen) atoms. The normalized spacial score (nSPS) is 11.4. The van der Waals surface area contributed by atoms with Crippen LogP contribution in [0.4, 0.5) is 5.69 Å². The minimum absolute atomic E-state index is 0.0344. The Labute approximate surface area is 226 Å². The molecule has 0 unspecified atom stereocenters. The summed E-state index contributed by atoms with van der Waals surface area (Å²) in [4.78, 5) is 27.3. The molecule has 0 aliphatic heterocycles. The molecule has 0 fully saturated rings. The fourth-order valence-corrected chi connectivity index (χ4v) is 4.00. The molecule has 0 bridgehead atoms. The van der Waals surface area contributed by atoms with Crippen LogP contribution in [0.3, 0.4) is 0 Å². The smallest absolute Gasteiger partial charge is 0.251 e. The van der Waals surface area contributed by atoms with Crippen molar-refractivity contribution in [1.82, 2.24) is 10.2 Å². The number of hydrogen-bond donors (Lipinski definition) is 2. The van der Waals surface area contributed by atoms with Crippen LogP contribution in [0.5, 0.6) is 5.75 Å². The van der Waals surface area contributed by atoms with E-state index in [4.69, 9.17) is 9.47 Å². The standard InChI is InChI=1S/C31H39N3O4/c1-24-8-7-11-27(20-24)31(36)33-17-16-25(2)21-30(35)34(23-38-22-26-9-5-4-6-10-26)19-18-32-28-12-14-29(37-3)15-13-28/h4-15,20,25,32H,16-19,21-23H2,1-3H3,(H,33,36)/t25-/m0/s1. The summed E-state index contributed by atoms with van der Waals surface area (Å²) in [5, 5.41) is 6.32. The Morgan fingerprint density at radius 1 is 0.947 bits per heavy atom. The number of carbonyl (C=O) groups excluding carboxylic acids is 2. The topological polar surface area (TPSA) is 79.9 Å². The molecule has 0 spiro atoms. The second-order valence-electron chi connectivity index (χ2n) is 9.50. The van der Waals surface area contributed by atoms with Crippen molar-refractivity contribution in [3.8, 4) is 5.75 Å². The van der Waals surface area contributed by atoms with E-state index in [1.165, 1.54) is 0 Å². The molecule has 0 radical (unpaired) electrons. The van der Waals surface area contributed by atoms with Crippen LogP contribution in [0.1, 0.15) is 41.3 Å². The van der Waals surface area contributed by atoms with Gasteiger partial charge in [0, 0.05) is 37.3 Å². The molecule has 3 aromatic carbocycles. The third-order valence-corrected chi connectivity index (χ3v) is 6.24. The Bertz CT molecular complexity index is 1140. The number of carbonyl (C=O) groups is 2. The molecule has 2 N–H and O–H groups in total. The van der Waals surface area contributed by atoms with E-state index < -0.39 is 0 Å². The summed E-state index contributed by atoms with van der Waals surface area (Å²) in [6.45, 7) is 6.28. The fourth-order valence-electron chi connectivity index (χ4n) is 4.00. The van der Waals surface area contributed by atoms with Gasteiger partial charge in [-0.3, -0.25) is 9.59 Å². The number of rotatable bonds is 15. The Hall–Kier alpha value is -3.84. The van der Waals surface area contributed by atoms with Crippen LogP contribution in [-0.2, 0) is 16.1 Å². The first-order chi connectivity index (χ1) is 18.4. The third-order valence-electron chi connectivity index (χ3n) is 6.24. The number of benzene rings is 3. The summed E-state index contributed by atoms with van der Waals surface area (Å²) in [5.74, 6) is 0.858. The zero-order valence-electron chi connectivity index (χ0n) is 22.6. The monoisotopic (exact) mass is 517 g/mol. The Balaban J connectivity index is 1.48. The van der Waals surface area contributed by atoms with E-state index in [-0.39, 0.29) is 24.5 Å².